The zero-order valence-electron chi connectivity index (χ0n) is 19.4. The Morgan fingerprint density at radius 3 is 1.67 bits per heavy atom. The lowest BCUT2D eigenvalue weighted by Crippen LogP contribution is -2.44. The Balaban J connectivity index is 1.83. The highest BCUT2D eigenvalue weighted by molar-refractivity contribution is 9.09. The summed E-state index contributed by atoms with van der Waals surface area (Å²) in [4.78, 5) is 42.1. The summed E-state index contributed by atoms with van der Waals surface area (Å²) in [5.41, 5.74) is 0.950. The van der Waals surface area contributed by atoms with Gasteiger partial charge in [-0.25, -0.2) is 14.4 Å². The van der Waals surface area contributed by atoms with E-state index in [9.17, 15) is 14.4 Å². The van der Waals surface area contributed by atoms with Gasteiger partial charge in [-0.15, -0.1) is 0 Å². The maximum absolute atomic E-state index is 12.9. The fraction of sp³-hybridized carbons (Fsp3) is 0.185. The summed E-state index contributed by atoms with van der Waals surface area (Å²) >= 11 is 3.44. The lowest BCUT2D eigenvalue weighted by Gasteiger charge is -2.28. The minimum atomic E-state index is -1.18. The second kappa shape index (κ2) is 13.8. The third-order valence-corrected chi connectivity index (χ3v) is 5.67. The van der Waals surface area contributed by atoms with Gasteiger partial charge in [-0.1, -0.05) is 75.7 Å². The predicted octanol–water partition coefficient (Wildman–Crippen LogP) is 4.69. The summed E-state index contributed by atoms with van der Waals surface area (Å²) in [6.45, 7) is -0.194. The summed E-state index contributed by atoms with van der Waals surface area (Å²) in [7, 11) is 1.32. The van der Waals surface area contributed by atoms with Crippen LogP contribution in [-0.2, 0) is 19.0 Å². The van der Waals surface area contributed by atoms with Crippen LogP contribution < -0.4 is 0 Å². The van der Waals surface area contributed by atoms with E-state index in [2.05, 4.69) is 21.1 Å². The molecule has 36 heavy (non-hydrogen) atoms. The van der Waals surface area contributed by atoms with Gasteiger partial charge in [-0.05, 0) is 36.4 Å². The van der Waals surface area contributed by atoms with E-state index in [-0.39, 0.29) is 6.61 Å². The Hall–Kier alpha value is -3.98. The number of oxime groups is 1. The molecule has 0 saturated heterocycles. The fourth-order valence-electron chi connectivity index (χ4n) is 3.09. The molecule has 9 heteroatoms. The third-order valence-electron chi connectivity index (χ3n) is 4.88. The van der Waals surface area contributed by atoms with Gasteiger partial charge in [0.1, 0.15) is 13.7 Å². The van der Waals surface area contributed by atoms with Gasteiger partial charge in [0.2, 0.25) is 0 Å². The van der Waals surface area contributed by atoms with Crippen LogP contribution in [0, 0.1) is 0 Å². The van der Waals surface area contributed by atoms with Gasteiger partial charge in [0.25, 0.3) is 0 Å². The Morgan fingerprint density at radius 1 is 0.750 bits per heavy atom. The Bertz CT molecular complexity index is 1160. The standard InChI is InChI=1S/C27H24BrNO7/c1-33-29-17-23(35-26(31)20-13-7-3-8-14-20)24(36-27(32)21-15-9-4-10-16-21)22(28)18-34-25(30)19-11-5-2-6-12-19/h2-17,22-24H,18H2,1H3/t22-,23-,24+/m0/s1. The number of ether oxygens (including phenoxy) is 3. The normalized spacial score (nSPS) is 13.3. The first kappa shape index (κ1) is 26.6. The first-order valence-corrected chi connectivity index (χ1v) is 11.9. The van der Waals surface area contributed by atoms with Gasteiger partial charge < -0.3 is 19.0 Å². The maximum atomic E-state index is 12.9. The predicted molar refractivity (Wildman–Crippen MR) is 136 cm³/mol. The highest BCUT2D eigenvalue weighted by atomic mass is 79.9. The number of nitrogens with zero attached hydrogens (tertiary/aromatic N) is 1. The van der Waals surface area contributed by atoms with E-state index in [1.54, 1.807) is 91.0 Å². The number of carbonyl (C=O) groups is 3. The highest BCUT2D eigenvalue weighted by Gasteiger charge is 2.35. The molecule has 0 aliphatic carbocycles. The number of benzene rings is 3. The molecule has 8 nitrogen and oxygen atoms in total. The Kier molecular flexibility index (Phi) is 10.2. The second-order valence-electron chi connectivity index (χ2n) is 7.39. The molecule has 0 aliphatic heterocycles. The third kappa shape index (κ3) is 7.78. The molecule has 3 aromatic rings. The molecule has 0 unspecified atom stereocenters. The van der Waals surface area contributed by atoms with E-state index in [1.165, 1.54) is 13.3 Å². The molecular weight excluding hydrogens is 530 g/mol. The largest absolute Gasteiger partial charge is 0.461 e. The highest BCUT2D eigenvalue weighted by Crippen LogP contribution is 2.20. The first-order valence-electron chi connectivity index (χ1n) is 10.9. The molecule has 3 atom stereocenters. The first-order chi connectivity index (χ1) is 17.5. The van der Waals surface area contributed by atoms with Crippen LogP contribution >= 0.6 is 15.9 Å². The van der Waals surface area contributed by atoms with Crippen molar-refractivity contribution in [2.75, 3.05) is 13.7 Å². The van der Waals surface area contributed by atoms with E-state index in [4.69, 9.17) is 19.0 Å². The van der Waals surface area contributed by atoms with Gasteiger partial charge in [-0.3, -0.25) is 0 Å². The number of hydrogen-bond donors (Lipinski definition) is 0. The zero-order valence-corrected chi connectivity index (χ0v) is 20.9. The second-order valence-corrected chi connectivity index (χ2v) is 8.57. The SMILES string of the molecule is CON=C[C@H](OC(=O)c1ccccc1)[C@H](OC(=O)c1ccccc1)[C@@H](Br)COC(=O)c1ccccc1. The van der Waals surface area contributed by atoms with Crippen molar-refractivity contribution in [2.24, 2.45) is 5.16 Å². The average Bonchev–Trinajstić information content (AvgIpc) is 2.93. The summed E-state index contributed by atoms with van der Waals surface area (Å²) in [6, 6.07) is 25.1. The van der Waals surface area contributed by atoms with Gasteiger partial charge >= 0.3 is 17.9 Å². The minimum Gasteiger partial charge on any atom is -0.461 e. The number of esters is 3. The van der Waals surface area contributed by atoms with Crippen LogP contribution in [0.2, 0.25) is 0 Å². The minimum absolute atomic E-state index is 0.194. The average molecular weight is 554 g/mol. The van der Waals surface area contributed by atoms with Crippen molar-refractivity contribution in [2.45, 2.75) is 17.0 Å². The van der Waals surface area contributed by atoms with Crippen LogP contribution in [0.5, 0.6) is 0 Å². The summed E-state index contributed by atoms with van der Waals surface area (Å²) in [6.07, 6.45) is -1.10. The van der Waals surface area contributed by atoms with Crippen molar-refractivity contribution in [1.29, 1.82) is 0 Å². The van der Waals surface area contributed by atoms with Gasteiger partial charge in [0.15, 0.2) is 12.2 Å². The Labute approximate surface area is 216 Å². The van der Waals surface area contributed by atoms with E-state index in [1.807, 2.05) is 0 Å². The number of rotatable bonds is 11. The summed E-state index contributed by atoms with van der Waals surface area (Å²) in [5.74, 6) is -1.88. The van der Waals surface area contributed by atoms with Crippen molar-refractivity contribution < 1.29 is 33.4 Å². The van der Waals surface area contributed by atoms with E-state index in [0.717, 1.165) is 0 Å². The molecule has 3 rings (SSSR count). The molecule has 0 fully saturated rings. The zero-order chi connectivity index (χ0) is 25.8. The van der Waals surface area contributed by atoms with Gasteiger partial charge in [-0.2, -0.15) is 0 Å². The maximum Gasteiger partial charge on any atom is 0.338 e. The van der Waals surface area contributed by atoms with Crippen LogP contribution in [-0.4, -0.2) is 54.9 Å². The molecule has 0 N–H and O–H groups in total. The van der Waals surface area contributed by atoms with Crippen LogP contribution in [0.15, 0.2) is 96.2 Å². The van der Waals surface area contributed by atoms with E-state index >= 15 is 0 Å². The van der Waals surface area contributed by atoms with Crippen LogP contribution in [0.3, 0.4) is 0 Å². The van der Waals surface area contributed by atoms with Gasteiger partial charge in [0.05, 0.1) is 27.7 Å². The Morgan fingerprint density at radius 2 is 1.19 bits per heavy atom. The van der Waals surface area contributed by atoms with E-state index < -0.39 is 34.9 Å². The summed E-state index contributed by atoms with van der Waals surface area (Å²) in [5, 5.41) is 3.72. The molecule has 0 radical (unpaired) electrons. The van der Waals surface area contributed by atoms with E-state index in [0.29, 0.717) is 16.7 Å². The van der Waals surface area contributed by atoms with Crippen LogP contribution in [0.4, 0.5) is 0 Å². The van der Waals surface area contributed by atoms with Gasteiger partial charge in [0, 0.05) is 0 Å². The molecule has 0 bridgehead atoms. The number of alkyl halides is 1. The topological polar surface area (TPSA) is 100 Å². The van der Waals surface area contributed by atoms with Crippen molar-refractivity contribution in [3.8, 4) is 0 Å². The molecule has 0 amide bonds. The number of carbonyl (C=O) groups excluding carboxylic acids is 3. The van der Waals surface area contributed by atoms with Crippen molar-refractivity contribution in [3.05, 3.63) is 108 Å². The lowest BCUT2D eigenvalue weighted by atomic mass is 10.1. The molecular formula is C27H24BrNO7. The molecule has 0 aliphatic rings. The van der Waals surface area contributed by atoms with Crippen molar-refractivity contribution in [3.63, 3.8) is 0 Å². The van der Waals surface area contributed by atoms with Crippen LogP contribution in [0.1, 0.15) is 31.1 Å². The number of halogens is 1. The summed E-state index contributed by atoms with van der Waals surface area (Å²) < 4.78 is 16.8. The molecule has 186 valence electrons. The molecule has 0 saturated carbocycles. The number of hydrogen-bond acceptors (Lipinski definition) is 8. The van der Waals surface area contributed by atoms with Crippen molar-refractivity contribution in [1.82, 2.24) is 0 Å². The smallest absolute Gasteiger partial charge is 0.338 e. The molecule has 0 aromatic heterocycles. The van der Waals surface area contributed by atoms with Crippen LogP contribution in [0.25, 0.3) is 0 Å². The van der Waals surface area contributed by atoms with Crippen molar-refractivity contribution >= 4 is 40.1 Å². The molecule has 0 heterocycles. The quantitative estimate of drug-likeness (QED) is 0.112. The molecule has 3 aromatic carbocycles. The fourth-order valence-corrected chi connectivity index (χ4v) is 3.63. The molecule has 0 spiro atoms. The lowest BCUT2D eigenvalue weighted by molar-refractivity contribution is -0.0209. The monoisotopic (exact) mass is 553 g/mol.